The van der Waals surface area contributed by atoms with Crippen LogP contribution in [-0.2, 0) is 27.3 Å². The lowest BCUT2D eigenvalue weighted by Crippen LogP contribution is -2.30. The summed E-state index contributed by atoms with van der Waals surface area (Å²) in [7, 11) is 1.63. The highest BCUT2D eigenvalue weighted by atomic mass is 79.9. The predicted molar refractivity (Wildman–Crippen MR) is 84.0 cm³/mol. The second kappa shape index (κ2) is 7.79. The van der Waals surface area contributed by atoms with Crippen molar-refractivity contribution in [3.63, 3.8) is 0 Å². The number of amides is 1. The first-order chi connectivity index (χ1) is 10.5. The number of hydrogen-bond acceptors (Lipinski definition) is 4. The van der Waals surface area contributed by atoms with E-state index in [1.54, 1.807) is 25.4 Å². The summed E-state index contributed by atoms with van der Waals surface area (Å²) in [4.78, 5) is 25.0. The summed E-state index contributed by atoms with van der Waals surface area (Å²) in [5, 5.41) is 0. The van der Waals surface area contributed by atoms with Crippen molar-refractivity contribution in [1.82, 2.24) is 4.90 Å². The Hall–Kier alpha value is -2.08. The molecule has 1 amide bonds. The average Bonchev–Trinajstić information content (AvgIpc) is 3.00. The van der Waals surface area contributed by atoms with Crippen LogP contribution in [0.3, 0.4) is 0 Å². The van der Waals surface area contributed by atoms with Crippen molar-refractivity contribution in [3.8, 4) is 0 Å². The van der Waals surface area contributed by atoms with Crippen LogP contribution in [0.25, 0.3) is 0 Å². The molecule has 116 valence electrons. The van der Waals surface area contributed by atoms with Crippen LogP contribution in [0.4, 0.5) is 0 Å². The highest BCUT2D eigenvalue weighted by Gasteiger charge is 2.13. The maximum Gasteiger partial charge on any atom is 0.310 e. The zero-order chi connectivity index (χ0) is 15.9. The fourth-order valence-electron chi connectivity index (χ4n) is 1.80. The SMILES string of the molecule is CN(Cc1ccco1)C(=O)COC(=O)Cc1ccc(Br)cc1. The Kier molecular flexibility index (Phi) is 5.77. The van der Waals surface area contributed by atoms with E-state index in [9.17, 15) is 9.59 Å². The Bertz CT molecular complexity index is 622. The molecule has 0 unspecified atom stereocenters. The molecular formula is C16H16BrNO4. The van der Waals surface area contributed by atoms with Crippen molar-refractivity contribution in [2.45, 2.75) is 13.0 Å². The van der Waals surface area contributed by atoms with Gasteiger partial charge in [-0.2, -0.15) is 0 Å². The van der Waals surface area contributed by atoms with E-state index >= 15 is 0 Å². The minimum atomic E-state index is -0.429. The Morgan fingerprint density at radius 2 is 1.95 bits per heavy atom. The van der Waals surface area contributed by atoms with E-state index in [2.05, 4.69) is 15.9 Å². The van der Waals surface area contributed by atoms with Gasteiger partial charge >= 0.3 is 5.97 Å². The highest BCUT2D eigenvalue weighted by Crippen LogP contribution is 2.11. The highest BCUT2D eigenvalue weighted by molar-refractivity contribution is 9.10. The number of carbonyl (C=O) groups excluding carboxylic acids is 2. The van der Waals surface area contributed by atoms with Gasteiger partial charge in [-0.3, -0.25) is 9.59 Å². The number of halogens is 1. The van der Waals surface area contributed by atoms with Crippen molar-refractivity contribution in [3.05, 3.63) is 58.5 Å². The first-order valence-corrected chi connectivity index (χ1v) is 7.50. The van der Waals surface area contributed by atoms with Crippen molar-refractivity contribution in [2.24, 2.45) is 0 Å². The van der Waals surface area contributed by atoms with E-state index in [4.69, 9.17) is 9.15 Å². The molecular weight excluding hydrogens is 350 g/mol. The lowest BCUT2D eigenvalue weighted by Gasteiger charge is -2.15. The minimum absolute atomic E-state index is 0.141. The molecule has 5 nitrogen and oxygen atoms in total. The first-order valence-electron chi connectivity index (χ1n) is 6.71. The van der Waals surface area contributed by atoms with E-state index in [0.717, 1.165) is 10.0 Å². The predicted octanol–water partition coefficient (Wildman–Crippen LogP) is 2.79. The molecule has 0 aliphatic heterocycles. The van der Waals surface area contributed by atoms with Gasteiger partial charge < -0.3 is 14.1 Å². The number of benzene rings is 1. The third-order valence-corrected chi connectivity index (χ3v) is 3.55. The van der Waals surface area contributed by atoms with Gasteiger partial charge in [-0.1, -0.05) is 28.1 Å². The van der Waals surface area contributed by atoms with Crippen LogP contribution in [0.2, 0.25) is 0 Å². The van der Waals surface area contributed by atoms with Gasteiger partial charge in [0.25, 0.3) is 5.91 Å². The largest absolute Gasteiger partial charge is 0.467 e. The lowest BCUT2D eigenvalue weighted by atomic mass is 10.2. The number of carbonyl (C=O) groups is 2. The van der Waals surface area contributed by atoms with Crippen molar-refractivity contribution >= 4 is 27.8 Å². The third-order valence-electron chi connectivity index (χ3n) is 3.02. The summed E-state index contributed by atoms with van der Waals surface area (Å²) in [5.74, 6) is -0.0281. The van der Waals surface area contributed by atoms with Gasteiger partial charge in [-0.25, -0.2) is 0 Å². The number of likely N-dealkylation sites (N-methyl/N-ethyl adjacent to an activating group) is 1. The maximum atomic E-state index is 11.9. The van der Waals surface area contributed by atoms with Crippen molar-refractivity contribution in [1.29, 1.82) is 0 Å². The van der Waals surface area contributed by atoms with E-state index in [1.807, 2.05) is 24.3 Å². The van der Waals surface area contributed by atoms with Crippen LogP contribution in [0.15, 0.2) is 51.6 Å². The second-order valence-corrected chi connectivity index (χ2v) is 5.71. The number of hydrogen-bond donors (Lipinski definition) is 0. The molecule has 0 aliphatic carbocycles. The van der Waals surface area contributed by atoms with Gasteiger partial charge in [0.2, 0.25) is 0 Å². The number of nitrogens with zero attached hydrogens (tertiary/aromatic N) is 1. The van der Waals surface area contributed by atoms with Gasteiger partial charge in [0.1, 0.15) is 5.76 Å². The average molecular weight is 366 g/mol. The summed E-state index contributed by atoms with van der Waals surface area (Å²) < 4.78 is 11.1. The van der Waals surface area contributed by atoms with Crippen molar-refractivity contribution < 1.29 is 18.7 Å². The van der Waals surface area contributed by atoms with Gasteiger partial charge in [-0.15, -0.1) is 0 Å². The molecule has 2 aromatic rings. The molecule has 6 heteroatoms. The third kappa shape index (κ3) is 5.04. The van der Waals surface area contributed by atoms with Crippen molar-refractivity contribution in [2.75, 3.05) is 13.7 Å². The molecule has 0 bridgehead atoms. The quantitative estimate of drug-likeness (QED) is 0.738. The fraction of sp³-hybridized carbons (Fsp3) is 0.250. The summed E-state index contributed by atoms with van der Waals surface area (Å²) in [6.45, 7) is 0.0721. The van der Waals surface area contributed by atoms with Crippen LogP contribution >= 0.6 is 15.9 Å². The Balaban J connectivity index is 1.75. The molecule has 0 fully saturated rings. The normalized spacial score (nSPS) is 10.3. The molecule has 0 saturated heterocycles. The number of esters is 1. The first kappa shape index (κ1) is 16.3. The number of ether oxygens (including phenoxy) is 1. The van der Waals surface area contributed by atoms with Gasteiger partial charge in [0.05, 0.1) is 19.2 Å². The van der Waals surface area contributed by atoms with E-state index in [1.165, 1.54) is 4.90 Å². The van der Waals surface area contributed by atoms with E-state index in [-0.39, 0.29) is 18.9 Å². The monoisotopic (exact) mass is 365 g/mol. The van der Waals surface area contributed by atoms with Crippen LogP contribution in [0, 0.1) is 0 Å². The van der Waals surface area contributed by atoms with Crippen LogP contribution in [-0.4, -0.2) is 30.4 Å². The topological polar surface area (TPSA) is 59.8 Å². The minimum Gasteiger partial charge on any atom is -0.467 e. The van der Waals surface area contributed by atoms with Crippen LogP contribution in [0.1, 0.15) is 11.3 Å². The molecule has 1 aromatic carbocycles. The molecule has 22 heavy (non-hydrogen) atoms. The molecule has 0 spiro atoms. The second-order valence-electron chi connectivity index (χ2n) is 4.79. The molecule has 0 radical (unpaired) electrons. The summed E-state index contributed by atoms with van der Waals surface area (Å²) in [6, 6.07) is 10.9. The molecule has 0 saturated carbocycles. The molecule has 0 N–H and O–H groups in total. The zero-order valence-electron chi connectivity index (χ0n) is 12.1. The summed E-state index contributed by atoms with van der Waals surface area (Å²) in [6.07, 6.45) is 1.69. The van der Waals surface area contributed by atoms with E-state index < -0.39 is 5.97 Å². The van der Waals surface area contributed by atoms with Gasteiger partial charge in [-0.05, 0) is 29.8 Å². The fourth-order valence-corrected chi connectivity index (χ4v) is 2.06. The molecule has 2 rings (SSSR count). The van der Waals surface area contributed by atoms with E-state index in [0.29, 0.717) is 12.3 Å². The Labute approximate surface area is 137 Å². The molecule has 0 aliphatic rings. The van der Waals surface area contributed by atoms with Gasteiger partial charge in [0, 0.05) is 11.5 Å². The molecule has 1 heterocycles. The Morgan fingerprint density at radius 1 is 1.23 bits per heavy atom. The van der Waals surface area contributed by atoms with Crippen LogP contribution in [0.5, 0.6) is 0 Å². The van der Waals surface area contributed by atoms with Gasteiger partial charge in [0.15, 0.2) is 6.61 Å². The zero-order valence-corrected chi connectivity index (χ0v) is 13.7. The number of furan rings is 1. The Morgan fingerprint density at radius 3 is 2.59 bits per heavy atom. The number of rotatable bonds is 6. The standard InChI is InChI=1S/C16H16BrNO4/c1-18(10-14-3-2-8-21-14)15(19)11-22-16(20)9-12-4-6-13(17)7-5-12/h2-8H,9-11H2,1H3. The summed E-state index contributed by atoms with van der Waals surface area (Å²) >= 11 is 3.33. The lowest BCUT2D eigenvalue weighted by molar-refractivity contribution is -0.151. The molecule has 0 atom stereocenters. The summed E-state index contributed by atoms with van der Waals surface area (Å²) in [5.41, 5.74) is 0.838. The maximum absolute atomic E-state index is 11.9. The molecule has 1 aromatic heterocycles. The smallest absolute Gasteiger partial charge is 0.310 e. The van der Waals surface area contributed by atoms with Crippen LogP contribution < -0.4 is 0 Å².